The molecule has 1 aromatic carbocycles. The minimum atomic E-state index is -0.503. The van der Waals surface area contributed by atoms with Crippen molar-refractivity contribution >= 4 is 11.9 Å². The Morgan fingerprint density at radius 3 is 2.47 bits per heavy atom. The molecular weight excluding hydrogens is 220 g/mol. The lowest BCUT2D eigenvalue weighted by Crippen LogP contribution is -2.39. The molecule has 5 heteroatoms. The molecule has 0 saturated heterocycles. The van der Waals surface area contributed by atoms with Gasteiger partial charge in [0.05, 0.1) is 0 Å². The van der Waals surface area contributed by atoms with Crippen LogP contribution in [0.2, 0.25) is 0 Å². The molecule has 0 fully saturated rings. The van der Waals surface area contributed by atoms with Crippen LogP contribution >= 0.6 is 0 Å². The zero-order valence-electron chi connectivity index (χ0n) is 9.69. The van der Waals surface area contributed by atoms with Gasteiger partial charge < -0.3 is 10.4 Å². The predicted octanol–water partition coefficient (Wildman–Crippen LogP) is 1.63. The molecule has 1 aromatic rings. The fourth-order valence-electron chi connectivity index (χ4n) is 1.21. The average Bonchev–Trinajstić information content (AvgIpc) is 2.30. The summed E-state index contributed by atoms with van der Waals surface area (Å²) in [5.41, 5.74) is 0.327. The number of urea groups is 1. The lowest BCUT2D eigenvalue weighted by molar-refractivity contribution is 0.0964. The molecule has 3 amide bonds. The van der Waals surface area contributed by atoms with E-state index in [1.165, 1.54) is 24.3 Å². The molecular formula is C12H16N2O3. The van der Waals surface area contributed by atoms with E-state index in [0.29, 0.717) is 12.1 Å². The van der Waals surface area contributed by atoms with E-state index in [9.17, 15) is 9.59 Å². The average molecular weight is 236 g/mol. The fraction of sp³-hybridized carbons (Fsp3) is 0.333. The van der Waals surface area contributed by atoms with Crippen LogP contribution < -0.4 is 10.6 Å². The van der Waals surface area contributed by atoms with E-state index >= 15 is 0 Å². The summed E-state index contributed by atoms with van der Waals surface area (Å²) in [7, 11) is 0. The summed E-state index contributed by atoms with van der Waals surface area (Å²) in [6, 6.07) is 5.18. The van der Waals surface area contributed by atoms with Crippen LogP contribution in [-0.2, 0) is 0 Å². The first-order valence-electron chi connectivity index (χ1n) is 5.51. The van der Waals surface area contributed by atoms with Crippen LogP contribution in [0.5, 0.6) is 5.75 Å². The van der Waals surface area contributed by atoms with Gasteiger partial charge in [0.2, 0.25) is 0 Å². The van der Waals surface area contributed by atoms with Crippen molar-refractivity contribution in [2.45, 2.75) is 19.8 Å². The largest absolute Gasteiger partial charge is 0.508 e. The molecule has 0 aliphatic rings. The molecule has 1 rings (SSSR count). The number of benzene rings is 1. The molecule has 3 N–H and O–H groups in total. The Kier molecular flexibility index (Phi) is 5.00. The van der Waals surface area contributed by atoms with E-state index in [1.54, 1.807) is 0 Å². The monoisotopic (exact) mass is 236 g/mol. The van der Waals surface area contributed by atoms with Crippen molar-refractivity contribution in [3.05, 3.63) is 29.8 Å². The number of imide groups is 1. The van der Waals surface area contributed by atoms with Gasteiger partial charge >= 0.3 is 6.03 Å². The van der Waals surface area contributed by atoms with E-state index < -0.39 is 11.9 Å². The highest BCUT2D eigenvalue weighted by molar-refractivity contribution is 6.04. The zero-order chi connectivity index (χ0) is 12.7. The molecule has 0 atom stereocenters. The van der Waals surface area contributed by atoms with Gasteiger partial charge in [-0.25, -0.2) is 4.79 Å². The minimum absolute atomic E-state index is 0.0777. The van der Waals surface area contributed by atoms with Gasteiger partial charge in [-0.2, -0.15) is 0 Å². The van der Waals surface area contributed by atoms with Gasteiger partial charge in [-0.15, -0.1) is 0 Å². The molecule has 0 bridgehead atoms. The molecule has 0 heterocycles. The third-order valence-corrected chi connectivity index (χ3v) is 2.17. The van der Waals surface area contributed by atoms with Crippen molar-refractivity contribution < 1.29 is 14.7 Å². The third kappa shape index (κ3) is 4.55. The Balaban J connectivity index is 2.43. The SMILES string of the molecule is CCCCNC(=O)NC(=O)c1ccc(O)cc1. The number of unbranched alkanes of at least 4 members (excludes halogenated alkanes) is 1. The number of hydrogen-bond donors (Lipinski definition) is 3. The second-order valence-electron chi connectivity index (χ2n) is 3.61. The van der Waals surface area contributed by atoms with Crippen LogP contribution in [0, 0.1) is 0 Å². The first-order valence-corrected chi connectivity index (χ1v) is 5.51. The quantitative estimate of drug-likeness (QED) is 0.695. The lowest BCUT2D eigenvalue weighted by atomic mass is 10.2. The molecule has 0 aliphatic carbocycles. The summed E-state index contributed by atoms with van der Waals surface area (Å²) >= 11 is 0. The van der Waals surface area contributed by atoms with E-state index in [-0.39, 0.29) is 5.75 Å². The van der Waals surface area contributed by atoms with Crippen LogP contribution in [0.1, 0.15) is 30.1 Å². The topological polar surface area (TPSA) is 78.4 Å². The van der Waals surface area contributed by atoms with Gasteiger partial charge in [0.1, 0.15) is 5.75 Å². The van der Waals surface area contributed by atoms with Crippen LogP contribution in [0.4, 0.5) is 4.79 Å². The van der Waals surface area contributed by atoms with E-state index in [0.717, 1.165) is 12.8 Å². The molecule has 92 valence electrons. The number of carbonyl (C=O) groups excluding carboxylic acids is 2. The Hall–Kier alpha value is -2.04. The fourth-order valence-corrected chi connectivity index (χ4v) is 1.21. The number of hydrogen-bond acceptors (Lipinski definition) is 3. The summed E-state index contributed by atoms with van der Waals surface area (Å²) in [5, 5.41) is 13.8. The molecule has 17 heavy (non-hydrogen) atoms. The number of nitrogens with one attached hydrogen (secondary N) is 2. The molecule has 0 radical (unpaired) electrons. The maximum absolute atomic E-state index is 11.5. The summed E-state index contributed by atoms with van der Waals surface area (Å²) in [5.74, 6) is -0.409. The Morgan fingerprint density at radius 2 is 1.88 bits per heavy atom. The second-order valence-corrected chi connectivity index (χ2v) is 3.61. The van der Waals surface area contributed by atoms with Gasteiger partial charge in [-0.05, 0) is 30.7 Å². The first kappa shape index (κ1) is 13.0. The van der Waals surface area contributed by atoms with Crippen molar-refractivity contribution in [2.75, 3.05) is 6.54 Å². The molecule has 0 aliphatic heterocycles. The van der Waals surface area contributed by atoms with Crippen molar-refractivity contribution in [1.29, 1.82) is 0 Å². The van der Waals surface area contributed by atoms with Crippen LogP contribution in [0.25, 0.3) is 0 Å². The highest BCUT2D eigenvalue weighted by atomic mass is 16.3. The van der Waals surface area contributed by atoms with Gasteiger partial charge in [0, 0.05) is 12.1 Å². The molecule has 0 unspecified atom stereocenters. The highest BCUT2D eigenvalue weighted by Gasteiger charge is 2.09. The second kappa shape index (κ2) is 6.52. The van der Waals surface area contributed by atoms with Crippen molar-refractivity contribution in [2.24, 2.45) is 0 Å². The number of phenolic OH excluding ortho intramolecular Hbond substituents is 1. The standard InChI is InChI=1S/C12H16N2O3/c1-2-3-8-13-12(17)14-11(16)9-4-6-10(15)7-5-9/h4-7,15H,2-3,8H2,1H3,(H2,13,14,16,17). The molecule has 0 saturated carbocycles. The summed E-state index contributed by atoms with van der Waals surface area (Å²) < 4.78 is 0. The summed E-state index contributed by atoms with van der Waals surface area (Å²) in [6.07, 6.45) is 1.85. The Morgan fingerprint density at radius 1 is 1.24 bits per heavy atom. The third-order valence-electron chi connectivity index (χ3n) is 2.17. The van der Waals surface area contributed by atoms with Crippen LogP contribution in [0.15, 0.2) is 24.3 Å². The van der Waals surface area contributed by atoms with Crippen LogP contribution in [0.3, 0.4) is 0 Å². The summed E-state index contributed by atoms with van der Waals surface area (Å²) in [6.45, 7) is 2.56. The number of aromatic hydroxyl groups is 1. The van der Waals surface area contributed by atoms with E-state index in [4.69, 9.17) is 5.11 Å². The van der Waals surface area contributed by atoms with Crippen molar-refractivity contribution in [3.63, 3.8) is 0 Å². The zero-order valence-corrected chi connectivity index (χ0v) is 9.69. The number of amides is 3. The number of carbonyl (C=O) groups is 2. The molecule has 5 nitrogen and oxygen atoms in total. The number of rotatable bonds is 4. The van der Waals surface area contributed by atoms with Crippen molar-refractivity contribution in [1.82, 2.24) is 10.6 Å². The number of phenols is 1. The maximum atomic E-state index is 11.5. The first-order chi connectivity index (χ1) is 8.13. The molecule has 0 aromatic heterocycles. The van der Waals surface area contributed by atoms with Gasteiger partial charge in [-0.3, -0.25) is 10.1 Å². The van der Waals surface area contributed by atoms with E-state index in [2.05, 4.69) is 10.6 Å². The van der Waals surface area contributed by atoms with Crippen molar-refractivity contribution in [3.8, 4) is 5.75 Å². The lowest BCUT2D eigenvalue weighted by Gasteiger charge is -2.05. The Bertz CT molecular complexity index is 387. The van der Waals surface area contributed by atoms with Gasteiger partial charge in [0.15, 0.2) is 0 Å². The molecule has 0 spiro atoms. The Labute approximate surface area is 99.8 Å². The smallest absolute Gasteiger partial charge is 0.321 e. The van der Waals surface area contributed by atoms with Crippen LogP contribution in [-0.4, -0.2) is 23.6 Å². The maximum Gasteiger partial charge on any atom is 0.321 e. The van der Waals surface area contributed by atoms with Gasteiger partial charge in [-0.1, -0.05) is 13.3 Å². The normalized spacial score (nSPS) is 9.71. The highest BCUT2D eigenvalue weighted by Crippen LogP contribution is 2.09. The predicted molar refractivity (Wildman–Crippen MR) is 63.9 cm³/mol. The van der Waals surface area contributed by atoms with E-state index in [1.807, 2.05) is 6.92 Å². The summed E-state index contributed by atoms with van der Waals surface area (Å²) in [4.78, 5) is 22.8. The minimum Gasteiger partial charge on any atom is -0.508 e. The van der Waals surface area contributed by atoms with Gasteiger partial charge in [0.25, 0.3) is 5.91 Å².